The summed E-state index contributed by atoms with van der Waals surface area (Å²) in [4.78, 5) is 33.3. The Kier molecular flexibility index (Phi) is 11.9. The van der Waals surface area contributed by atoms with Crippen molar-refractivity contribution < 1.29 is 9.59 Å². The molecule has 0 radical (unpaired) electrons. The molecular weight excluding hydrogens is 637 g/mol. The molecule has 10 heteroatoms. The Bertz CT molecular complexity index is 2020. The van der Waals surface area contributed by atoms with Crippen LogP contribution in [0.25, 0.3) is 21.5 Å². The van der Waals surface area contributed by atoms with Crippen LogP contribution in [-0.4, -0.2) is 104 Å². The number of amides is 2. The van der Waals surface area contributed by atoms with Gasteiger partial charge in [0.05, 0.1) is 6.20 Å². The highest BCUT2D eigenvalue weighted by atomic mass is 16.2. The number of rotatable bonds is 4. The van der Waals surface area contributed by atoms with E-state index in [2.05, 4.69) is 105 Å². The molecule has 2 fully saturated rings. The molecule has 0 bridgehead atoms. The smallest absolute Gasteiger partial charge is 0.320 e. The van der Waals surface area contributed by atoms with Crippen LogP contribution in [-0.2, 0) is 13.1 Å². The fraction of sp³-hybridized carbons (Fsp3) is 0.317. The zero-order valence-corrected chi connectivity index (χ0v) is 29.9. The molecule has 4 aromatic carbocycles. The van der Waals surface area contributed by atoms with Crippen molar-refractivity contribution in [3.05, 3.63) is 132 Å². The summed E-state index contributed by atoms with van der Waals surface area (Å²) >= 11 is 0. The van der Waals surface area contributed by atoms with Crippen molar-refractivity contribution in [1.82, 2.24) is 39.2 Å². The Morgan fingerprint density at radius 1 is 0.569 bits per heavy atom. The molecule has 0 spiro atoms. The van der Waals surface area contributed by atoms with E-state index >= 15 is 0 Å². The summed E-state index contributed by atoms with van der Waals surface area (Å²) in [5.41, 5.74) is 3.64. The number of benzene rings is 4. The number of aryl methyl sites for hydroxylation is 1. The zero-order valence-electron chi connectivity index (χ0n) is 29.9. The van der Waals surface area contributed by atoms with Crippen molar-refractivity contribution in [2.24, 2.45) is 0 Å². The van der Waals surface area contributed by atoms with Crippen LogP contribution >= 0.6 is 0 Å². The molecule has 2 aliphatic heterocycles. The molecule has 0 N–H and O–H groups in total. The topological polar surface area (TPSA) is 82.7 Å². The van der Waals surface area contributed by atoms with E-state index in [1.54, 1.807) is 30.9 Å². The molecule has 8 rings (SSSR count). The first-order chi connectivity index (χ1) is 25.0. The van der Waals surface area contributed by atoms with Crippen LogP contribution < -0.4 is 0 Å². The SMILES string of the molecule is CC.Cc1cnn(C(=O)N2CCN(Cc3ccc4ccccc4c3)CC2)c1.O=C(N1CCN(Cc2ccc3ccccc3c2)CC1)n1cccn1. The predicted molar refractivity (Wildman–Crippen MR) is 204 cm³/mol. The lowest BCUT2D eigenvalue weighted by Crippen LogP contribution is -2.49. The van der Waals surface area contributed by atoms with Gasteiger partial charge in [0.2, 0.25) is 0 Å². The van der Waals surface area contributed by atoms with Gasteiger partial charge in [-0.1, -0.05) is 86.6 Å². The lowest BCUT2D eigenvalue weighted by atomic mass is 10.1. The normalized spacial score (nSPS) is 15.2. The summed E-state index contributed by atoms with van der Waals surface area (Å²) < 4.78 is 2.84. The maximum absolute atomic E-state index is 12.4. The van der Waals surface area contributed by atoms with Crippen molar-refractivity contribution in [1.29, 1.82) is 0 Å². The van der Waals surface area contributed by atoms with Gasteiger partial charge >= 0.3 is 12.1 Å². The third-order valence-corrected chi connectivity index (χ3v) is 9.33. The van der Waals surface area contributed by atoms with Crippen molar-refractivity contribution in [2.75, 3.05) is 52.4 Å². The molecule has 2 saturated heterocycles. The standard InChI is InChI=1S/C20H22N4O.C19H20N4O.C2H6/c1-16-13-21-24(14-16)20(25)23-10-8-22(9-11-23)15-17-6-7-18-4-2-3-5-19(18)12-17;24-19(23-9-3-8-20-23)22-12-10-21(11-13-22)15-16-6-7-17-4-1-2-5-18(17)14-16;1-2/h2-7,12-14H,8-11,15H2,1H3;1-9,14H,10-13,15H2;1-2H3. The minimum atomic E-state index is -0.0367. The van der Waals surface area contributed by atoms with E-state index < -0.39 is 0 Å². The third-order valence-electron chi connectivity index (χ3n) is 9.33. The Morgan fingerprint density at radius 2 is 1.04 bits per heavy atom. The number of piperazine rings is 2. The zero-order chi connectivity index (χ0) is 35.6. The van der Waals surface area contributed by atoms with Gasteiger partial charge in [-0.05, 0) is 63.4 Å². The van der Waals surface area contributed by atoms with Gasteiger partial charge in [0.15, 0.2) is 0 Å². The van der Waals surface area contributed by atoms with Gasteiger partial charge < -0.3 is 9.80 Å². The van der Waals surface area contributed by atoms with E-state index in [0.717, 1.165) is 71.0 Å². The first-order valence-electron chi connectivity index (χ1n) is 18.0. The number of aromatic nitrogens is 4. The van der Waals surface area contributed by atoms with Crippen LogP contribution in [0, 0.1) is 6.92 Å². The van der Waals surface area contributed by atoms with Gasteiger partial charge in [-0.3, -0.25) is 9.80 Å². The summed E-state index contributed by atoms with van der Waals surface area (Å²) in [5.74, 6) is 0. The Balaban J connectivity index is 0.000000168. The molecule has 2 amide bonds. The molecule has 0 saturated carbocycles. The molecule has 0 aliphatic carbocycles. The fourth-order valence-corrected chi connectivity index (χ4v) is 6.57. The first-order valence-corrected chi connectivity index (χ1v) is 18.0. The first kappa shape index (κ1) is 35.5. The van der Waals surface area contributed by atoms with Gasteiger partial charge in [0.25, 0.3) is 0 Å². The monoisotopic (exact) mass is 684 g/mol. The number of fused-ring (bicyclic) bond motifs is 2. The summed E-state index contributed by atoms with van der Waals surface area (Å²) in [6.07, 6.45) is 6.83. The van der Waals surface area contributed by atoms with Crippen LogP contribution in [0.3, 0.4) is 0 Å². The van der Waals surface area contributed by atoms with Gasteiger partial charge in [-0.25, -0.2) is 9.59 Å². The minimum Gasteiger partial charge on any atom is -0.320 e. The van der Waals surface area contributed by atoms with E-state index in [1.807, 2.05) is 30.6 Å². The second-order valence-electron chi connectivity index (χ2n) is 12.9. The molecule has 4 heterocycles. The molecule has 6 aromatic rings. The van der Waals surface area contributed by atoms with Crippen molar-refractivity contribution in [3.8, 4) is 0 Å². The summed E-state index contributed by atoms with van der Waals surface area (Å²) in [5, 5.41) is 13.2. The van der Waals surface area contributed by atoms with Crippen LogP contribution in [0.2, 0.25) is 0 Å². The summed E-state index contributed by atoms with van der Waals surface area (Å²) in [6.45, 7) is 14.3. The molecule has 2 aliphatic rings. The number of nitrogens with zero attached hydrogens (tertiary/aromatic N) is 8. The number of hydrogen-bond acceptors (Lipinski definition) is 6. The average Bonchev–Trinajstić information content (AvgIpc) is 3.89. The van der Waals surface area contributed by atoms with Gasteiger partial charge in [0.1, 0.15) is 0 Å². The van der Waals surface area contributed by atoms with Gasteiger partial charge in [-0.15, -0.1) is 0 Å². The Labute approximate surface area is 300 Å². The van der Waals surface area contributed by atoms with Crippen LogP contribution in [0.4, 0.5) is 9.59 Å². The Morgan fingerprint density at radius 3 is 1.47 bits per heavy atom. The molecular formula is C41H48N8O2. The van der Waals surface area contributed by atoms with E-state index in [1.165, 1.54) is 42.0 Å². The van der Waals surface area contributed by atoms with E-state index in [9.17, 15) is 9.59 Å². The van der Waals surface area contributed by atoms with E-state index in [0.29, 0.717) is 0 Å². The average molecular weight is 685 g/mol. The van der Waals surface area contributed by atoms with E-state index in [4.69, 9.17) is 0 Å². The number of hydrogen-bond donors (Lipinski definition) is 0. The lowest BCUT2D eigenvalue weighted by molar-refractivity contribution is 0.134. The van der Waals surface area contributed by atoms with E-state index in [-0.39, 0.29) is 12.1 Å². The molecule has 0 atom stereocenters. The molecule has 0 unspecified atom stereocenters. The third kappa shape index (κ3) is 9.08. The summed E-state index contributed by atoms with van der Waals surface area (Å²) in [6, 6.07) is 31.9. The predicted octanol–water partition coefficient (Wildman–Crippen LogP) is 6.98. The number of carbonyl (C=O) groups is 2. The molecule has 264 valence electrons. The summed E-state index contributed by atoms with van der Waals surface area (Å²) in [7, 11) is 0. The highest BCUT2D eigenvalue weighted by Crippen LogP contribution is 2.19. The maximum atomic E-state index is 12.4. The molecule has 2 aromatic heterocycles. The lowest BCUT2D eigenvalue weighted by Gasteiger charge is -2.34. The fourth-order valence-electron chi connectivity index (χ4n) is 6.57. The molecule has 51 heavy (non-hydrogen) atoms. The highest BCUT2D eigenvalue weighted by molar-refractivity contribution is 5.83. The maximum Gasteiger partial charge on any atom is 0.344 e. The van der Waals surface area contributed by atoms with Crippen LogP contribution in [0.5, 0.6) is 0 Å². The molecule has 10 nitrogen and oxygen atoms in total. The van der Waals surface area contributed by atoms with Crippen molar-refractivity contribution >= 4 is 33.6 Å². The second kappa shape index (κ2) is 17.1. The number of carbonyl (C=O) groups excluding carboxylic acids is 2. The second-order valence-corrected chi connectivity index (χ2v) is 12.9. The minimum absolute atomic E-state index is 0.0292. The Hall–Kier alpha value is -5.32. The quantitative estimate of drug-likeness (QED) is 0.199. The van der Waals surface area contributed by atoms with Crippen molar-refractivity contribution in [3.63, 3.8) is 0 Å². The van der Waals surface area contributed by atoms with Crippen LogP contribution in [0.15, 0.2) is 116 Å². The van der Waals surface area contributed by atoms with Crippen LogP contribution in [0.1, 0.15) is 30.5 Å². The van der Waals surface area contributed by atoms with Crippen molar-refractivity contribution in [2.45, 2.75) is 33.9 Å². The van der Waals surface area contributed by atoms with Gasteiger partial charge in [0, 0.05) is 84.0 Å². The largest absolute Gasteiger partial charge is 0.344 e. The van der Waals surface area contributed by atoms with Gasteiger partial charge in [-0.2, -0.15) is 19.6 Å². The highest BCUT2D eigenvalue weighted by Gasteiger charge is 2.24.